The first-order valence-electron chi connectivity index (χ1n) is 10.5. The van der Waals surface area contributed by atoms with Crippen molar-refractivity contribution in [2.45, 2.75) is 26.2 Å². The highest BCUT2D eigenvalue weighted by Crippen LogP contribution is 2.22. The van der Waals surface area contributed by atoms with E-state index in [4.69, 9.17) is 10.7 Å². The summed E-state index contributed by atoms with van der Waals surface area (Å²) < 4.78 is 0. The van der Waals surface area contributed by atoms with Crippen molar-refractivity contribution < 1.29 is 4.79 Å². The standard InChI is InChI=1S/C20H34N6OS/c1-2-22-20(26-13-11-25(12-14-26)18-7-4-15-28-18)23-8-5-10-24-9-3-6-17(16-24)19(21)27/h4,7,15,17H,2-3,5-6,8-14,16H2,1H3,(H2,21,27)(H,22,23). The molecule has 2 aliphatic rings. The summed E-state index contributed by atoms with van der Waals surface area (Å²) in [7, 11) is 0. The van der Waals surface area contributed by atoms with Crippen molar-refractivity contribution in [2.75, 3.05) is 63.8 Å². The summed E-state index contributed by atoms with van der Waals surface area (Å²) >= 11 is 1.81. The Hall–Kier alpha value is -1.80. The molecule has 2 saturated heterocycles. The highest BCUT2D eigenvalue weighted by atomic mass is 32.1. The topological polar surface area (TPSA) is 77.2 Å². The fourth-order valence-corrected chi connectivity index (χ4v) is 4.77. The maximum absolute atomic E-state index is 11.4. The number of aliphatic imine (C=N–C) groups is 1. The number of guanidine groups is 1. The molecule has 0 saturated carbocycles. The maximum Gasteiger partial charge on any atom is 0.221 e. The van der Waals surface area contributed by atoms with E-state index in [2.05, 4.69) is 44.5 Å². The number of amides is 1. The summed E-state index contributed by atoms with van der Waals surface area (Å²) in [5.74, 6) is 0.898. The Morgan fingerprint density at radius 3 is 2.82 bits per heavy atom. The van der Waals surface area contributed by atoms with Crippen molar-refractivity contribution in [1.82, 2.24) is 15.1 Å². The van der Waals surface area contributed by atoms with Gasteiger partial charge in [0.2, 0.25) is 5.91 Å². The monoisotopic (exact) mass is 406 g/mol. The second-order valence-electron chi connectivity index (χ2n) is 7.56. The minimum Gasteiger partial charge on any atom is -0.369 e. The van der Waals surface area contributed by atoms with Crippen LogP contribution in [0.4, 0.5) is 5.00 Å². The molecule has 3 rings (SSSR count). The van der Waals surface area contributed by atoms with Crippen molar-refractivity contribution in [1.29, 1.82) is 0 Å². The van der Waals surface area contributed by atoms with Crippen LogP contribution in [-0.2, 0) is 4.79 Å². The van der Waals surface area contributed by atoms with Crippen molar-refractivity contribution in [3.8, 4) is 0 Å². The van der Waals surface area contributed by atoms with E-state index in [0.29, 0.717) is 0 Å². The van der Waals surface area contributed by atoms with Gasteiger partial charge in [0.05, 0.1) is 10.9 Å². The molecule has 1 unspecified atom stereocenters. The fourth-order valence-electron chi connectivity index (χ4n) is 3.98. The van der Waals surface area contributed by atoms with Gasteiger partial charge in [-0.05, 0) is 56.8 Å². The lowest BCUT2D eigenvalue weighted by Crippen LogP contribution is -2.52. The van der Waals surface area contributed by atoms with Gasteiger partial charge in [-0.3, -0.25) is 9.79 Å². The van der Waals surface area contributed by atoms with Crippen LogP contribution in [0.25, 0.3) is 0 Å². The molecule has 8 heteroatoms. The molecule has 7 nitrogen and oxygen atoms in total. The number of piperidine rings is 1. The van der Waals surface area contributed by atoms with Crippen LogP contribution in [0.1, 0.15) is 26.2 Å². The molecule has 0 bridgehead atoms. The van der Waals surface area contributed by atoms with Gasteiger partial charge in [-0.25, -0.2) is 0 Å². The van der Waals surface area contributed by atoms with Crippen LogP contribution in [0.2, 0.25) is 0 Å². The second-order valence-corrected chi connectivity index (χ2v) is 8.48. The van der Waals surface area contributed by atoms with Crippen molar-refractivity contribution in [2.24, 2.45) is 16.6 Å². The maximum atomic E-state index is 11.4. The summed E-state index contributed by atoms with van der Waals surface area (Å²) in [6.07, 6.45) is 3.01. The SMILES string of the molecule is CCNC(=NCCCN1CCCC(C(N)=O)C1)N1CCN(c2cccs2)CC1. The van der Waals surface area contributed by atoms with Gasteiger partial charge in [0, 0.05) is 45.8 Å². The third kappa shape index (κ3) is 5.85. The number of likely N-dealkylation sites (tertiary alicyclic amines) is 1. The van der Waals surface area contributed by atoms with Crippen LogP contribution in [0.15, 0.2) is 22.5 Å². The predicted molar refractivity (Wildman–Crippen MR) is 117 cm³/mol. The summed E-state index contributed by atoms with van der Waals surface area (Å²) in [4.78, 5) is 23.5. The van der Waals surface area contributed by atoms with Crippen molar-refractivity contribution >= 4 is 28.2 Å². The van der Waals surface area contributed by atoms with E-state index in [0.717, 1.165) is 84.1 Å². The first-order chi connectivity index (χ1) is 13.7. The molecule has 2 fully saturated rings. The number of primary amides is 1. The van der Waals surface area contributed by atoms with Gasteiger partial charge < -0.3 is 25.8 Å². The average Bonchev–Trinajstić information content (AvgIpc) is 3.25. The molecule has 0 spiro atoms. The molecule has 1 aromatic heterocycles. The Morgan fingerprint density at radius 1 is 1.32 bits per heavy atom. The molecular formula is C20H34N6OS. The van der Waals surface area contributed by atoms with Gasteiger partial charge in [0.15, 0.2) is 5.96 Å². The number of nitrogens with one attached hydrogen (secondary N) is 1. The predicted octanol–water partition coefficient (Wildman–Crippen LogP) is 1.42. The van der Waals surface area contributed by atoms with Gasteiger partial charge in [-0.2, -0.15) is 0 Å². The zero-order valence-corrected chi connectivity index (χ0v) is 17.8. The normalized spacial score (nSPS) is 21.8. The largest absolute Gasteiger partial charge is 0.369 e. The molecule has 156 valence electrons. The Labute approximate surface area is 172 Å². The summed E-state index contributed by atoms with van der Waals surface area (Å²) in [6.45, 7) is 10.7. The molecule has 1 aromatic rings. The van der Waals surface area contributed by atoms with Gasteiger partial charge in [-0.1, -0.05) is 0 Å². The van der Waals surface area contributed by atoms with Crippen LogP contribution >= 0.6 is 11.3 Å². The summed E-state index contributed by atoms with van der Waals surface area (Å²) in [5, 5.41) is 6.95. The van der Waals surface area contributed by atoms with Gasteiger partial charge in [-0.15, -0.1) is 11.3 Å². The molecule has 1 amide bonds. The number of nitrogens with two attached hydrogens (primary N) is 1. The number of thiophene rings is 1. The van der Waals surface area contributed by atoms with E-state index >= 15 is 0 Å². The lowest BCUT2D eigenvalue weighted by atomic mass is 9.97. The van der Waals surface area contributed by atoms with E-state index in [-0.39, 0.29) is 11.8 Å². The van der Waals surface area contributed by atoms with E-state index in [1.54, 1.807) is 0 Å². The van der Waals surface area contributed by atoms with E-state index in [1.165, 1.54) is 5.00 Å². The van der Waals surface area contributed by atoms with Crippen molar-refractivity contribution in [3.05, 3.63) is 17.5 Å². The van der Waals surface area contributed by atoms with E-state index < -0.39 is 0 Å². The molecule has 1 atom stereocenters. The number of hydrogen-bond donors (Lipinski definition) is 2. The molecule has 0 radical (unpaired) electrons. The van der Waals surface area contributed by atoms with Crippen LogP contribution in [0, 0.1) is 5.92 Å². The number of carbonyl (C=O) groups excluding carboxylic acids is 1. The van der Waals surface area contributed by atoms with Crippen LogP contribution in [0.5, 0.6) is 0 Å². The van der Waals surface area contributed by atoms with Crippen LogP contribution < -0.4 is 16.0 Å². The molecule has 2 aliphatic heterocycles. The Bertz CT molecular complexity index is 627. The zero-order valence-electron chi connectivity index (χ0n) is 17.0. The minimum absolute atomic E-state index is 0.0224. The lowest BCUT2D eigenvalue weighted by Gasteiger charge is -2.37. The Balaban J connectivity index is 1.43. The first-order valence-corrected chi connectivity index (χ1v) is 11.4. The second kappa shape index (κ2) is 10.7. The third-order valence-electron chi connectivity index (χ3n) is 5.53. The minimum atomic E-state index is -0.154. The number of carbonyl (C=O) groups is 1. The van der Waals surface area contributed by atoms with Gasteiger partial charge >= 0.3 is 0 Å². The van der Waals surface area contributed by atoms with E-state index in [1.807, 2.05) is 11.3 Å². The molecule has 28 heavy (non-hydrogen) atoms. The van der Waals surface area contributed by atoms with Gasteiger partial charge in [0.25, 0.3) is 0 Å². The summed E-state index contributed by atoms with van der Waals surface area (Å²) in [6, 6.07) is 4.31. The average molecular weight is 407 g/mol. The highest BCUT2D eigenvalue weighted by Gasteiger charge is 2.23. The number of rotatable bonds is 7. The molecule has 3 heterocycles. The van der Waals surface area contributed by atoms with Gasteiger partial charge in [0.1, 0.15) is 0 Å². The number of piperazine rings is 1. The molecular weight excluding hydrogens is 372 g/mol. The lowest BCUT2D eigenvalue weighted by molar-refractivity contribution is -0.123. The van der Waals surface area contributed by atoms with Crippen LogP contribution in [-0.4, -0.2) is 80.6 Å². The smallest absolute Gasteiger partial charge is 0.221 e. The quantitative estimate of drug-likeness (QED) is 0.407. The zero-order chi connectivity index (χ0) is 19.8. The Morgan fingerprint density at radius 2 is 2.14 bits per heavy atom. The number of hydrogen-bond acceptors (Lipinski definition) is 5. The molecule has 3 N–H and O–H groups in total. The van der Waals surface area contributed by atoms with E-state index in [9.17, 15) is 4.79 Å². The fraction of sp³-hybridized carbons (Fsp3) is 0.700. The Kier molecular flexibility index (Phi) is 7.97. The summed E-state index contributed by atoms with van der Waals surface area (Å²) in [5.41, 5.74) is 5.48. The molecule has 0 aliphatic carbocycles. The highest BCUT2D eigenvalue weighted by molar-refractivity contribution is 7.14. The number of nitrogens with zero attached hydrogens (tertiary/aromatic N) is 4. The van der Waals surface area contributed by atoms with Crippen LogP contribution in [0.3, 0.4) is 0 Å². The third-order valence-corrected chi connectivity index (χ3v) is 6.46. The molecule has 0 aromatic carbocycles. The number of anilines is 1. The van der Waals surface area contributed by atoms with Crippen molar-refractivity contribution in [3.63, 3.8) is 0 Å². The first kappa shape index (κ1) is 20.9.